The third-order valence-corrected chi connectivity index (χ3v) is 2.53. The van der Waals surface area contributed by atoms with Gasteiger partial charge in [0.1, 0.15) is 12.7 Å². The number of hydrogen-bond acceptors (Lipinski definition) is 10. The van der Waals surface area contributed by atoms with Crippen LogP contribution in [0.1, 0.15) is 20.8 Å². The van der Waals surface area contributed by atoms with Crippen LogP contribution < -0.4 is 0 Å². The summed E-state index contributed by atoms with van der Waals surface area (Å²) in [5.74, 6) is -3.14. The Morgan fingerprint density at radius 3 is 2.09 bits per heavy atom. The SMILES string of the molecule is CC(=O)OC[C@@H](O)[C@@H](OC(C)=O)[C@H](OC(C)=O)[C@H]1OOC1=O. The predicted molar refractivity (Wildman–Crippen MR) is 64.7 cm³/mol. The number of ether oxygens (including phenoxy) is 3. The third-order valence-electron chi connectivity index (χ3n) is 2.53. The van der Waals surface area contributed by atoms with Gasteiger partial charge in [-0.1, -0.05) is 0 Å². The maximum absolute atomic E-state index is 11.3. The molecular formula is C12H16O10. The minimum Gasteiger partial charge on any atom is -0.463 e. The number of rotatable bonds is 7. The maximum atomic E-state index is 11.3. The second-order valence-corrected chi connectivity index (χ2v) is 4.44. The van der Waals surface area contributed by atoms with Gasteiger partial charge in [-0.25, -0.2) is 4.79 Å². The van der Waals surface area contributed by atoms with Crippen molar-refractivity contribution >= 4 is 23.9 Å². The number of carbonyl (C=O) groups excluding carboxylic acids is 4. The second kappa shape index (κ2) is 7.71. The molecule has 22 heavy (non-hydrogen) atoms. The molecule has 1 rings (SSSR count). The molecule has 0 spiro atoms. The lowest BCUT2D eigenvalue weighted by Gasteiger charge is -2.35. The van der Waals surface area contributed by atoms with Crippen molar-refractivity contribution in [1.29, 1.82) is 0 Å². The van der Waals surface area contributed by atoms with Crippen molar-refractivity contribution in [2.24, 2.45) is 0 Å². The van der Waals surface area contributed by atoms with E-state index in [1.54, 1.807) is 0 Å². The average molecular weight is 320 g/mol. The van der Waals surface area contributed by atoms with Crippen LogP contribution in [-0.4, -0.2) is 60.0 Å². The number of carbonyl (C=O) groups is 4. The van der Waals surface area contributed by atoms with Crippen LogP contribution in [0.4, 0.5) is 0 Å². The summed E-state index contributed by atoms with van der Waals surface area (Å²) in [6.45, 7) is 2.69. The van der Waals surface area contributed by atoms with Gasteiger partial charge >= 0.3 is 23.9 Å². The van der Waals surface area contributed by atoms with Crippen molar-refractivity contribution in [2.45, 2.75) is 45.2 Å². The zero-order chi connectivity index (χ0) is 16.9. The Bertz CT molecular complexity index is 459. The summed E-state index contributed by atoms with van der Waals surface area (Å²) in [6, 6.07) is 0. The molecule has 0 aromatic heterocycles. The van der Waals surface area contributed by atoms with Crippen LogP contribution in [0.2, 0.25) is 0 Å². The highest BCUT2D eigenvalue weighted by atomic mass is 17.3. The first-order valence-electron chi connectivity index (χ1n) is 6.25. The molecule has 0 aromatic carbocycles. The topological polar surface area (TPSA) is 135 Å². The zero-order valence-electron chi connectivity index (χ0n) is 12.1. The Labute approximate surface area is 125 Å². The molecule has 10 nitrogen and oxygen atoms in total. The van der Waals surface area contributed by atoms with E-state index in [2.05, 4.69) is 14.5 Å². The molecule has 0 bridgehead atoms. The van der Waals surface area contributed by atoms with Crippen LogP contribution in [0.3, 0.4) is 0 Å². The highest BCUT2D eigenvalue weighted by Crippen LogP contribution is 2.23. The van der Waals surface area contributed by atoms with Gasteiger partial charge in [0.15, 0.2) is 12.2 Å². The van der Waals surface area contributed by atoms with Crippen LogP contribution in [0, 0.1) is 0 Å². The summed E-state index contributed by atoms with van der Waals surface area (Å²) in [5.41, 5.74) is 0. The van der Waals surface area contributed by atoms with Gasteiger partial charge in [0.05, 0.1) is 0 Å². The largest absolute Gasteiger partial charge is 0.463 e. The van der Waals surface area contributed by atoms with Crippen molar-refractivity contribution in [3.05, 3.63) is 0 Å². The summed E-state index contributed by atoms with van der Waals surface area (Å²) in [6.07, 6.45) is -5.85. The molecule has 0 aliphatic carbocycles. The van der Waals surface area contributed by atoms with E-state index >= 15 is 0 Å². The lowest BCUT2D eigenvalue weighted by molar-refractivity contribution is -0.380. The van der Waals surface area contributed by atoms with Gasteiger partial charge in [0.2, 0.25) is 6.10 Å². The number of hydrogen-bond donors (Lipinski definition) is 1. The van der Waals surface area contributed by atoms with E-state index in [0.717, 1.165) is 20.8 Å². The van der Waals surface area contributed by atoms with Crippen molar-refractivity contribution < 1.29 is 48.3 Å². The third kappa shape index (κ3) is 4.97. The Balaban J connectivity index is 2.91. The summed E-state index contributed by atoms with van der Waals surface area (Å²) in [7, 11) is 0. The van der Waals surface area contributed by atoms with Crippen LogP contribution >= 0.6 is 0 Å². The Morgan fingerprint density at radius 1 is 1.14 bits per heavy atom. The van der Waals surface area contributed by atoms with Gasteiger partial charge in [-0.05, 0) is 0 Å². The predicted octanol–water partition coefficient (Wildman–Crippen LogP) is -1.37. The van der Waals surface area contributed by atoms with Crippen LogP contribution in [0.5, 0.6) is 0 Å². The first kappa shape index (κ1) is 17.9. The van der Waals surface area contributed by atoms with Gasteiger partial charge < -0.3 is 19.3 Å². The number of aliphatic hydroxyl groups excluding tert-OH is 1. The van der Waals surface area contributed by atoms with Gasteiger partial charge in [0, 0.05) is 20.8 Å². The highest BCUT2D eigenvalue weighted by molar-refractivity contribution is 5.79. The van der Waals surface area contributed by atoms with Gasteiger partial charge in [-0.15, -0.1) is 0 Å². The molecular weight excluding hydrogens is 304 g/mol. The number of aliphatic hydroxyl groups is 1. The van der Waals surface area contributed by atoms with Crippen molar-refractivity contribution in [1.82, 2.24) is 0 Å². The molecule has 1 N–H and O–H groups in total. The lowest BCUT2D eigenvalue weighted by Crippen LogP contribution is -2.58. The molecule has 0 saturated carbocycles. The van der Waals surface area contributed by atoms with E-state index in [-0.39, 0.29) is 0 Å². The van der Waals surface area contributed by atoms with E-state index in [1.165, 1.54) is 0 Å². The lowest BCUT2D eigenvalue weighted by atomic mass is 10.0. The summed E-state index contributed by atoms with van der Waals surface area (Å²) in [5, 5.41) is 9.99. The molecule has 10 heteroatoms. The molecule has 1 saturated heterocycles. The molecule has 1 fully saturated rings. The minimum absolute atomic E-state index is 0.535. The normalized spacial score (nSPS) is 20.7. The summed E-state index contributed by atoms with van der Waals surface area (Å²) in [4.78, 5) is 53.0. The van der Waals surface area contributed by atoms with Crippen molar-refractivity contribution in [3.63, 3.8) is 0 Å². The quantitative estimate of drug-likeness (QED) is 0.340. The molecule has 1 heterocycles. The Morgan fingerprint density at radius 2 is 1.73 bits per heavy atom. The molecule has 1 aliphatic heterocycles. The molecule has 0 unspecified atom stereocenters. The van der Waals surface area contributed by atoms with Crippen molar-refractivity contribution in [3.8, 4) is 0 Å². The van der Waals surface area contributed by atoms with Gasteiger partial charge in [0.25, 0.3) is 0 Å². The van der Waals surface area contributed by atoms with Crippen molar-refractivity contribution in [2.75, 3.05) is 6.61 Å². The van der Waals surface area contributed by atoms with E-state index < -0.39 is 54.9 Å². The summed E-state index contributed by atoms with van der Waals surface area (Å²) >= 11 is 0. The fourth-order valence-corrected chi connectivity index (χ4v) is 1.68. The van der Waals surface area contributed by atoms with Crippen LogP contribution in [0.15, 0.2) is 0 Å². The maximum Gasteiger partial charge on any atom is 0.379 e. The first-order chi connectivity index (χ1) is 10.2. The zero-order valence-corrected chi connectivity index (χ0v) is 12.1. The van der Waals surface area contributed by atoms with Gasteiger partial charge in [-0.2, -0.15) is 4.89 Å². The standard InChI is InChI=1S/C12H16O10/c1-5(13)18-4-8(16)9(19-6(2)14)10(20-7(3)15)11-12(17)22-21-11/h8-11,16H,4H2,1-3H3/t8-,9-,10+,11-/m1/s1. The molecule has 124 valence electrons. The second-order valence-electron chi connectivity index (χ2n) is 4.44. The molecule has 1 aliphatic rings. The summed E-state index contributed by atoms with van der Waals surface area (Å²) < 4.78 is 14.3. The molecule has 0 amide bonds. The molecule has 4 atom stereocenters. The van der Waals surface area contributed by atoms with E-state index in [1.807, 2.05) is 0 Å². The fourth-order valence-electron chi connectivity index (χ4n) is 1.68. The van der Waals surface area contributed by atoms with Crippen LogP contribution in [0.25, 0.3) is 0 Å². The van der Waals surface area contributed by atoms with Gasteiger partial charge in [-0.3, -0.25) is 19.3 Å². The minimum atomic E-state index is -1.55. The Hall–Kier alpha value is -2.20. The van der Waals surface area contributed by atoms with Crippen LogP contribution in [-0.2, 0) is 43.2 Å². The molecule has 0 radical (unpaired) electrons. The van der Waals surface area contributed by atoms with E-state index in [4.69, 9.17) is 9.47 Å². The van der Waals surface area contributed by atoms with E-state index in [0.29, 0.717) is 0 Å². The highest BCUT2D eigenvalue weighted by Gasteiger charge is 2.50. The fraction of sp³-hybridized carbons (Fsp3) is 0.667. The first-order valence-corrected chi connectivity index (χ1v) is 6.25. The average Bonchev–Trinajstić information content (AvgIpc) is 2.38. The van der Waals surface area contributed by atoms with E-state index in [9.17, 15) is 24.3 Å². The smallest absolute Gasteiger partial charge is 0.379 e. The molecule has 0 aromatic rings. The monoisotopic (exact) mass is 320 g/mol. The number of esters is 3. The Kier molecular flexibility index (Phi) is 6.25.